The third kappa shape index (κ3) is 9.01. The summed E-state index contributed by atoms with van der Waals surface area (Å²) >= 11 is 0. The number of sulfonamides is 1. The van der Waals surface area contributed by atoms with Crippen molar-refractivity contribution in [2.24, 2.45) is 0 Å². The van der Waals surface area contributed by atoms with Crippen LogP contribution in [0.25, 0.3) is 11.0 Å². The minimum Gasteiger partial charge on any atom is -0.497 e. The van der Waals surface area contributed by atoms with Crippen molar-refractivity contribution in [3.8, 4) is 11.5 Å². The van der Waals surface area contributed by atoms with Crippen molar-refractivity contribution in [1.29, 1.82) is 0 Å². The maximum Gasteiger partial charge on any atom is 0.263 e. The van der Waals surface area contributed by atoms with E-state index in [1.807, 2.05) is 20.2 Å². The first-order valence-electron chi connectivity index (χ1n) is 13.7. The first-order valence-corrected chi connectivity index (χ1v) is 15.2. The van der Waals surface area contributed by atoms with E-state index in [2.05, 4.69) is 35.5 Å². The van der Waals surface area contributed by atoms with E-state index < -0.39 is 10.0 Å². The van der Waals surface area contributed by atoms with Gasteiger partial charge in [0.05, 0.1) is 36.7 Å². The third-order valence-electron chi connectivity index (χ3n) is 6.34. The second-order valence-corrected chi connectivity index (χ2v) is 11.7. The largest absolute Gasteiger partial charge is 0.497 e. The van der Waals surface area contributed by atoms with E-state index in [-0.39, 0.29) is 29.0 Å². The quantitative estimate of drug-likeness (QED) is 0.146. The molecule has 4 aromatic rings. The van der Waals surface area contributed by atoms with Gasteiger partial charge in [-0.1, -0.05) is 18.2 Å². The zero-order chi connectivity index (χ0) is 30.8. The van der Waals surface area contributed by atoms with Crippen LogP contribution in [0.2, 0.25) is 0 Å². The lowest BCUT2D eigenvalue weighted by Crippen LogP contribution is -2.29. The lowest BCUT2D eigenvalue weighted by atomic mass is 10.2. The number of aromatic nitrogens is 2. The molecule has 0 radical (unpaired) electrons. The van der Waals surface area contributed by atoms with Gasteiger partial charge in [0.1, 0.15) is 11.5 Å². The Kier molecular flexibility index (Phi) is 10.7. The fourth-order valence-corrected chi connectivity index (χ4v) is 5.24. The highest BCUT2D eigenvalue weighted by Gasteiger charge is 2.20. The first kappa shape index (κ1) is 31.5. The van der Waals surface area contributed by atoms with Crippen LogP contribution in [0.15, 0.2) is 71.6 Å². The second kappa shape index (κ2) is 14.6. The molecule has 228 valence electrons. The van der Waals surface area contributed by atoms with Crippen LogP contribution in [0.1, 0.15) is 12.8 Å². The Morgan fingerprint density at radius 3 is 2.16 bits per heavy atom. The number of carbonyl (C=O) groups excluding carboxylic acids is 1. The maximum atomic E-state index is 13.5. The van der Waals surface area contributed by atoms with Crippen molar-refractivity contribution in [2.75, 3.05) is 63.3 Å². The maximum absolute atomic E-state index is 13.5. The average Bonchev–Trinajstić information content (AvgIpc) is 2.98. The van der Waals surface area contributed by atoms with Gasteiger partial charge >= 0.3 is 0 Å². The topological polar surface area (TPSA) is 147 Å². The predicted octanol–water partition coefficient (Wildman–Crippen LogP) is 4.06. The molecule has 0 aliphatic heterocycles. The molecule has 0 aliphatic rings. The number of fused-ring (bicyclic) bond motifs is 1. The number of unbranched alkanes of at least 4 members (excludes halogenated alkanes) is 1. The molecule has 1 amide bonds. The van der Waals surface area contributed by atoms with Crippen LogP contribution in [0.3, 0.4) is 0 Å². The summed E-state index contributed by atoms with van der Waals surface area (Å²) in [6.45, 7) is 1.82. The van der Waals surface area contributed by atoms with E-state index >= 15 is 0 Å². The number of amides is 1. The van der Waals surface area contributed by atoms with Crippen LogP contribution < -0.4 is 30.1 Å². The summed E-state index contributed by atoms with van der Waals surface area (Å²) in [4.78, 5) is 23.7. The average molecular weight is 608 g/mol. The van der Waals surface area contributed by atoms with Crippen molar-refractivity contribution in [1.82, 2.24) is 20.2 Å². The molecule has 0 bridgehead atoms. The Labute approximate surface area is 251 Å². The van der Waals surface area contributed by atoms with E-state index in [0.717, 1.165) is 19.4 Å². The number of nitrogens with zero attached hydrogens (tertiary/aromatic N) is 3. The number of ether oxygens (including phenoxy) is 2. The van der Waals surface area contributed by atoms with Gasteiger partial charge in [-0.2, -0.15) is 0 Å². The molecule has 43 heavy (non-hydrogen) atoms. The molecule has 1 aromatic heterocycles. The predicted molar refractivity (Wildman–Crippen MR) is 169 cm³/mol. The standard InChI is InChI=1S/C30H37N7O5S/c1-37(2)15-8-7-14-31-20-28(38)32-21-10-9-11-25(18-21)43(39,40)36-30-29(34-26-12-5-6-13-27(26)35-30)33-22-16-23(41-3)19-24(17-22)42-4/h5-6,9-13,16-19,31H,7-8,14-15,20H2,1-4H3,(H,32,38)(H,33,34)(H,35,36). The summed E-state index contributed by atoms with van der Waals surface area (Å²) in [6.07, 6.45) is 1.98. The molecule has 4 N–H and O–H groups in total. The van der Waals surface area contributed by atoms with Crippen molar-refractivity contribution >= 4 is 50.0 Å². The van der Waals surface area contributed by atoms with Crippen molar-refractivity contribution in [2.45, 2.75) is 17.7 Å². The van der Waals surface area contributed by atoms with Crippen LogP contribution >= 0.6 is 0 Å². The number of para-hydroxylation sites is 2. The van der Waals surface area contributed by atoms with Crippen LogP contribution in [0.5, 0.6) is 11.5 Å². The van der Waals surface area contributed by atoms with Gasteiger partial charge in [-0.15, -0.1) is 0 Å². The summed E-state index contributed by atoms with van der Waals surface area (Å²) in [5, 5.41) is 9.00. The van der Waals surface area contributed by atoms with Gasteiger partial charge < -0.3 is 30.3 Å². The van der Waals surface area contributed by atoms with Gasteiger partial charge in [0.2, 0.25) is 5.91 Å². The van der Waals surface area contributed by atoms with Crippen molar-refractivity contribution < 1.29 is 22.7 Å². The number of hydrogen-bond donors (Lipinski definition) is 4. The summed E-state index contributed by atoms with van der Waals surface area (Å²) in [7, 11) is 2.99. The number of hydrogen-bond acceptors (Lipinski definition) is 10. The highest BCUT2D eigenvalue weighted by molar-refractivity contribution is 7.92. The molecular weight excluding hydrogens is 570 g/mol. The van der Waals surface area contributed by atoms with Gasteiger partial charge in [-0.3, -0.25) is 9.52 Å². The van der Waals surface area contributed by atoms with E-state index in [0.29, 0.717) is 40.5 Å². The van der Waals surface area contributed by atoms with Crippen LogP contribution in [-0.2, 0) is 14.8 Å². The molecule has 3 aromatic carbocycles. The lowest BCUT2D eigenvalue weighted by molar-refractivity contribution is -0.115. The van der Waals surface area contributed by atoms with E-state index in [1.165, 1.54) is 26.4 Å². The van der Waals surface area contributed by atoms with Crippen molar-refractivity contribution in [3.63, 3.8) is 0 Å². The Morgan fingerprint density at radius 2 is 1.51 bits per heavy atom. The molecule has 0 fully saturated rings. The zero-order valence-electron chi connectivity index (χ0n) is 24.7. The van der Waals surface area contributed by atoms with Gasteiger partial charge in [-0.25, -0.2) is 18.4 Å². The summed E-state index contributed by atoms with van der Waals surface area (Å²) in [6, 6.07) is 18.3. The summed E-state index contributed by atoms with van der Waals surface area (Å²) in [5.41, 5.74) is 1.98. The minimum absolute atomic E-state index is 0.00612. The lowest BCUT2D eigenvalue weighted by Gasteiger charge is -2.15. The zero-order valence-corrected chi connectivity index (χ0v) is 25.5. The fraction of sp³-hybridized carbons (Fsp3) is 0.300. The molecule has 0 saturated heterocycles. The monoisotopic (exact) mass is 607 g/mol. The van der Waals surface area contributed by atoms with Gasteiger partial charge in [0.15, 0.2) is 11.6 Å². The molecule has 0 saturated carbocycles. The van der Waals surface area contributed by atoms with Gasteiger partial charge in [-0.05, 0) is 70.4 Å². The number of nitrogens with one attached hydrogen (secondary N) is 4. The smallest absolute Gasteiger partial charge is 0.263 e. The molecule has 1 heterocycles. The van der Waals surface area contributed by atoms with Crippen LogP contribution in [0, 0.1) is 0 Å². The van der Waals surface area contributed by atoms with Gasteiger partial charge in [0.25, 0.3) is 10.0 Å². The second-order valence-electron chi connectivity index (χ2n) is 10.0. The normalized spacial score (nSPS) is 11.4. The Hall–Kier alpha value is -4.46. The molecule has 13 heteroatoms. The fourth-order valence-electron chi connectivity index (χ4n) is 4.19. The van der Waals surface area contributed by atoms with E-state index in [9.17, 15) is 13.2 Å². The SMILES string of the molecule is COc1cc(Nc2nc3ccccc3nc2NS(=O)(=O)c2cccc(NC(=O)CNCCCCN(C)C)c2)cc(OC)c1. The summed E-state index contributed by atoms with van der Waals surface area (Å²) in [5.74, 6) is 0.982. The Bertz CT molecular complexity index is 1640. The highest BCUT2D eigenvalue weighted by atomic mass is 32.2. The number of benzene rings is 3. The molecule has 0 aliphatic carbocycles. The van der Waals surface area contributed by atoms with Crippen LogP contribution in [0.4, 0.5) is 23.0 Å². The number of anilines is 4. The Balaban J connectivity index is 1.52. The molecular formula is C30H37N7O5S. The highest BCUT2D eigenvalue weighted by Crippen LogP contribution is 2.31. The van der Waals surface area contributed by atoms with Crippen molar-refractivity contribution in [3.05, 3.63) is 66.7 Å². The van der Waals surface area contributed by atoms with E-state index in [4.69, 9.17) is 9.47 Å². The molecule has 0 spiro atoms. The third-order valence-corrected chi connectivity index (χ3v) is 7.67. The number of methoxy groups -OCH3 is 2. The summed E-state index contributed by atoms with van der Waals surface area (Å²) < 4.78 is 40.3. The molecule has 4 rings (SSSR count). The Morgan fingerprint density at radius 1 is 0.837 bits per heavy atom. The first-order chi connectivity index (χ1) is 20.7. The number of carbonyl (C=O) groups is 1. The van der Waals surface area contributed by atoms with E-state index in [1.54, 1.807) is 48.5 Å². The molecule has 12 nitrogen and oxygen atoms in total. The van der Waals surface area contributed by atoms with Crippen LogP contribution in [-0.4, -0.2) is 77.1 Å². The van der Waals surface area contributed by atoms with Gasteiger partial charge in [0, 0.05) is 29.6 Å². The molecule has 0 unspecified atom stereocenters. The number of rotatable bonds is 15. The minimum atomic E-state index is -4.13. The molecule has 0 atom stereocenters.